The molecule has 2 aromatic carbocycles. The van der Waals surface area contributed by atoms with Crippen LogP contribution >= 0.6 is 12.2 Å². The highest BCUT2D eigenvalue weighted by molar-refractivity contribution is 7.80. The smallest absolute Gasteiger partial charge is 0.168 e. The van der Waals surface area contributed by atoms with Gasteiger partial charge in [0.1, 0.15) is 6.17 Å². The van der Waals surface area contributed by atoms with Crippen molar-refractivity contribution >= 4 is 23.0 Å². The Bertz CT molecular complexity index is 609. The van der Waals surface area contributed by atoms with Gasteiger partial charge < -0.3 is 16.0 Å². The molecule has 1 aliphatic carbocycles. The number of nitrogens with one attached hydrogen (secondary N) is 3. The summed E-state index contributed by atoms with van der Waals surface area (Å²) in [5.41, 5.74) is 2.23. The standard InChI is InChI=1S/C19H23N3S/c23-19(21-17-13-7-8-14-17)22-18(15-9-3-1-4-10-15)20-16-11-5-2-6-12-16/h1-6,9-12,17-18,20H,7-8,13-14H2,(H2,21,22,23). The van der Waals surface area contributed by atoms with Crippen LogP contribution in [0.4, 0.5) is 5.69 Å². The first-order valence-electron chi connectivity index (χ1n) is 8.25. The third-order valence-corrected chi connectivity index (χ3v) is 4.42. The molecule has 0 bridgehead atoms. The lowest BCUT2D eigenvalue weighted by atomic mass is 10.1. The van der Waals surface area contributed by atoms with Crippen LogP contribution in [0.3, 0.4) is 0 Å². The molecule has 2 aromatic rings. The Morgan fingerprint density at radius 2 is 1.52 bits per heavy atom. The predicted octanol–water partition coefficient (Wildman–Crippen LogP) is 4.20. The van der Waals surface area contributed by atoms with Gasteiger partial charge in [-0.25, -0.2) is 0 Å². The first-order valence-corrected chi connectivity index (χ1v) is 8.65. The van der Waals surface area contributed by atoms with E-state index >= 15 is 0 Å². The maximum Gasteiger partial charge on any atom is 0.168 e. The van der Waals surface area contributed by atoms with E-state index in [9.17, 15) is 0 Å². The van der Waals surface area contributed by atoms with Crippen LogP contribution in [0.15, 0.2) is 60.7 Å². The molecular weight excluding hydrogens is 302 g/mol. The Balaban J connectivity index is 1.68. The van der Waals surface area contributed by atoms with Crippen molar-refractivity contribution in [2.24, 2.45) is 0 Å². The SMILES string of the molecule is S=C(NC1CCCC1)NC(Nc1ccccc1)c1ccccc1. The lowest BCUT2D eigenvalue weighted by molar-refractivity contribution is 0.608. The van der Waals surface area contributed by atoms with Gasteiger partial charge >= 0.3 is 0 Å². The number of benzene rings is 2. The van der Waals surface area contributed by atoms with Crippen molar-refractivity contribution in [1.82, 2.24) is 10.6 Å². The number of rotatable bonds is 5. The quantitative estimate of drug-likeness (QED) is 0.569. The minimum atomic E-state index is -0.0556. The van der Waals surface area contributed by atoms with Gasteiger partial charge in [-0.15, -0.1) is 0 Å². The molecule has 3 nitrogen and oxygen atoms in total. The number of para-hydroxylation sites is 1. The van der Waals surface area contributed by atoms with Crippen LogP contribution in [0.25, 0.3) is 0 Å². The molecule has 1 unspecified atom stereocenters. The Morgan fingerprint density at radius 3 is 2.17 bits per heavy atom. The first-order chi connectivity index (χ1) is 11.3. The van der Waals surface area contributed by atoms with Gasteiger partial charge in [0, 0.05) is 11.7 Å². The van der Waals surface area contributed by atoms with Crippen molar-refractivity contribution in [2.75, 3.05) is 5.32 Å². The van der Waals surface area contributed by atoms with Crippen molar-refractivity contribution < 1.29 is 0 Å². The molecule has 0 heterocycles. The summed E-state index contributed by atoms with van der Waals surface area (Å²) in [5, 5.41) is 11.1. The van der Waals surface area contributed by atoms with Crippen LogP contribution in [0, 0.1) is 0 Å². The highest BCUT2D eigenvalue weighted by atomic mass is 32.1. The van der Waals surface area contributed by atoms with Crippen LogP contribution in [0.2, 0.25) is 0 Å². The van der Waals surface area contributed by atoms with Crippen molar-refractivity contribution in [3.05, 3.63) is 66.2 Å². The Hall–Kier alpha value is -2.07. The van der Waals surface area contributed by atoms with Gasteiger partial charge in [0.2, 0.25) is 0 Å². The summed E-state index contributed by atoms with van der Waals surface area (Å²) in [6.07, 6.45) is 4.96. The van der Waals surface area contributed by atoms with Gasteiger partial charge in [-0.1, -0.05) is 61.4 Å². The van der Waals surface area contributed by atoms with Gasteiger partial charge in [0.15, 0.2) is 5.11 Å². The molecule has 0 saturated heterocycles. The summed E-state index contributed by atoms with van der Waals surface area (Å²) >= 11 is 5.52. The molecule has 0 amide bonds. The molecule has 0 radical (unpaired) electrons. The molecule has 0 spiro atoms. The molecule has 1 aliphatic rings. The predicted molar refractivity (Wildman–Crippen MR) is 100 cm³/mol. The fourth-order valence-corrected chi connectivity index (χ4v) is 3.26. The van der Waals surface area contributed by atoms with E-state index in [1.165, 1.54) is 25.7 Å². The number of hydrogen-bond acceptors (Lipinski definition) is 2. The van der Waals surface area contributed by atoms with E-state index in [1.54, 1.807) is 0 Å². The Labute approximate surface area is 143 Å². The van der Waals surface area contributed by atoms with Crippen LogP contribution in [0.5, 0.6) is 0 Å². The van der Waals surface area contributed by atoms with Crippen molar-refractivity contribution in [3.63, 3.8) is 0 Å². The van der Waals surface area contributed by atoms with Gasteiger partial charge in [0.25, 0.3) is 0 Å². The highest BCUT2D eigenvalue weighted by Crippen LogP contribution is 2.19. The normalized spacial score (nSPS) is 15.8. The minimum absolute atomic E-state index is 0.0556. The van der Waals surface area contributed by atoms with E-state index in [2.05, 4.69) is 40.2 Å². The maximum absolute atomic E-state index is 5.52. The number of anilines is 1. The summed E-state index contributed by atoms with van der Waals surface area (Å²) in [7, 11) is 0. The third-order valence-electron chi connectivity index (χ3n) is 4.18. The van der Waals surface area contributed by atoms with Crippen LogP contribution in [-0.4, -0.2) is 11.2 Å². The summed E-state index contributed by atoms with van der Waals surface area (Å²) < 4.78 is 0. The molecule has 0 aliphatic heterocycles. The van der Waals surface area contributed by atoms with Gasteiger partial charge in [-0.3, -0.25) is 0 Å². The van der Waals surface area contributed by atoms with Gasteiger partial charge in [0.05, 0.1) is 0 Å². The largest absolute Gasteiger partial charge is 0.362 e. The molecular formula is C19H23N3S. The van der Waals surface area contributed by atoms with E-state index in [0.717, 1.165) is 11.3 Å². The topological polar surface area (TPSA) is 36.1 Å². The van der Waals surface area contributed by atoms with Crippen LogP contribution in [0.1, 0.15) is 37.4 Å². The molecule has 1 fully saturated rings. The van der Waals surface area contributed by atoms with Crippen molar-refractivity contribution in [3.8, 4) is 0 Å². The molecule has 120 valence electrons. The average Bonchev–Trinajstić information content (AvgIpc) is 3.09. The summed E-state index contributed by atoms with van der Waals surface area (Å²) in [5.74, 6) is 0. The zero-order valence-corrected chi connectivity index (χ0v) is 14.0. The Morgan fingerprint density at radius 1 is 0.913 bits per heavy atom. The molecule has 3 N–H and O–H groups in total. The van der Waals surface area contributed by atoms with E-state index in [4.69, 9.17) is 12.2 Å². The fourth-order valence-electron chi connectivity index (χ4n) is 2.98. The second-order valence-electron chi connectivity index (χ2n) is 5.95. The first kappa shape index (κ1) is 15.8. The second-order valence-corrected chi connectivity index (χ2v) is 6.36. The average molecular weight is 325 g/mol. The zero-order valence-electron chi connectivity index (χ0n) is 13.2. The third kappa shape index (κ3) is 4.70. The zero-order chi connectivity index (χ0) is 15.9. The molecule has 3 rings (SSSR count). The van der Waals surface area contributed by atoms with Gasteiger partial charge in [-0.05, 0) is 42.8 Å². The number of hydrogen-bond donors (Lipinski definition) is 3. The fraction of sp³-hybridized carbons (Fsp3) is 0.316. The molecule has 0 aromatic heterocycles. The number of thiocarbonyl (C=S) groups is 1. The van der Waals surface area contributed by atoms with E-state index in [-0.39, 0.29) is 6.17 Å². The molecule has 23 heavy (non-hydrogen) atoms. The van der Waals surface area contributed by atoms with E-state index in [0.29, 0.717) is 11.2 Å². The summed E-state index contributed by atoms with van der Waals surface area (Å²) in [6, 6.07) is 21.0. The summed E-state index contributed by atoms with van der Waals surface area (Å²) in [6.45, 7) is 0. The lowest BCUT2D eigenvalue weighted by Crippen LogP contribution is -2.44. The molecule has 1 saturated carbocycles. The van der Waals surface area contributed by atoms with Crippen molar-refractivity contribution in [2.45, 2.75) is 37.9 Å². The van der Waals surface area contributed by atoms with Crippen LogP contribution in [-0.2, 0) is 0 Å². The van der Waals surface area contributed by atoms with E-state index in [1.807, 2.05) is 36.4 Å². The minimum Gasteiger partial charge on any atom is -0.362 e. The van der Waals surface area contributed by atoms with Crippen molar-refractivity contribution in [1.29, 1.82) is 0 Å². The summed E-state index contributed by atoms with van der Waals surface area (Å²) in [4.78, 5) is 0. The van der Waals surface area contributed by atoms with Gasteiger partial charge in [-0.2, -0.15) is 0 Å². The Kier molecular flexibility index (Phi) is 5.48. The second kappa shape index (κ2) is 7.97. The molecule has 1 atom stereocenters. The van der Waals surface area contributed by atoms with Crippen LogP contribution < -0.4 is 16.0 Å². The molecule has 4 heteroatoms. The van der Waals surface area contributed by atoms with E-state index < -0.39 is 0 Å². The highest BCUT2D eigenvalue weighted by Gasteiger charge is 2.18. The maximum atomic E-state index is 5.52. The lowest BCUT2D eigenvalue weighted by Gasteiger charge is -2.25. The monoisotopic (exact) mass is 325 g/mol.